The molecule has 170 valence electrons. The van der Waals surface area contributed by atoms with Crippen LogP contribution in [0, 0.1) is 12.7 Å². The molecule has 10 heteroatoms. The van der Waals surface area contributed by atoms with E-state index in [-0.39, 0.29) is 17.0 Å². The fourth-order valence-electron chi connectivity index (χ4n) is 4.53. The number of benzene rings is 2. The first kappa shape index (κ1) is 21.4. The van der Waals surface area contributed by atoms with Gasteiger partial charge in [-0.25, -0.2) is 9.37 Å². The predicted molar refractivity (Wildman–Crippen MR) is 121 cm³/mol. The number of aromatic nitrogens is 5. The van der Waals surface area contributed by atoms with E-state index >= 15 is 4.39 Å². The van der Waals surface area contributed by atoms with E-state index in [4.69, 9.17) is 21.3 Å². The number of aryl methyl sites for hydroxylation is 1. The van der Waals surface area contributed by atoms with Crippen LogP contribution in [0.15, 0.2) is 36.7 Å². The third kappa shape index (κ3) is 3.26. The largest absolute Gasteiger partial charge is 0.494 e. The van der Waals surface area contributed by atoms with Gasteiger partial charge in [0.25, 0.3) is 5.91 Å². The summed E-state index contributed by atoms with van der Waals surface area (Å²) >= 11 is 6.28. The number of aromatic amines is 1. The summed E-state index contributed by atoms with van der Waals surface area (Å²) in [6.45, 7) is 4.30. The highest BCUT2D eigenvalue weighted by Crippen LogP contribution is 2.41. The highest BCUT2D eigenvalue weighted by atomic mass is 35.5. The molecule has 1 saturated heterocycles. The van der Waals surface area contributed by atoms with Gasteiger partial charge in [-0.05, 0) is 56.5 Å². The molecule has 1 fully saturated rings. The maximum atomic E-state index is 15.5. The topological polar surface area (TPSA) is 88.9 Å². The molecule has 1 amide bonds. The summed E-state index contributed by atoms with van der Waals surface area (Å²) in [6, 6.07) is 6.72. The minimum atomic E-state index is -0.765. The van der Waals surface area contributed by atoms with Gasteiger partial charge in [-0.2, -0.15) is 15.0 Å². The van der Waals surface area contributed by atoms with Gasteiger partial charge in [-0.15, -0.1) is 0 Å². The predicted octanol–water partition coefficient (Wildman–Crippen LogP) is 4.40. The van der Waals surface area contributed by atoms with Crippen LogP contribution in [0.4, 0.5) is 4.39 Å². The molecule has 8 nitrogen and oxygen atoms in total. The van der Waals surface area contributed by atoms with Gasteiger partial charge < -0.3 is 14.6 Å². The van der Waals surface area contributed by atoms with Crippen LogP contribution in [0.25, 0.3) is 16.7 Å². The Kier molecular flexibility index (Phi) is 5.08. The number of fused-ring (bicyclic) bond motifs is 1. The van der Waals surface area contributed by atoms with Crippen molar-refractivity contribution in [1.82, 2.24) is 29.9 Å². The average molecular weight is 469 g/mol. The van der Waals surface area contributed by atoms with Gasteiger partial charge in [0.1, 0.15) is 17.1 Å². The van der Waals surface area contributed by atoms with Gasteiger partial charge in [0.15, 0.2) is 11.6 Å². The number of ether oxygens (including phenoxy) is 1. The lowest BCUT2D eigenvalue weighted by Gasteiger charge is -2.34. The summed E-state index contributed by atoms with van der Waals surface area (Å²) in [5, 5.41) is 8.81. The third-order valence-corrected chi connectivity index (χ3v) is 6.80. The normalized spacial score (nSPS) is 18.3. The van der Waals surface area contributed by atoms with Crippen molar-refractivity contribution in [3.8, 4) is 11.4 Å². The van der Waals surface area contributed by atoms with Crippen LogP contribution in [0.5, 0.6) is 5.75 Å². The van der Waals surface area contributed by atoms with Crippen molar-refractivity contribution >= 4 is 28.5 Å². The van der Waals surface area contributed by atoms with Crippen molar-refractivity contribution in [1.29, 1.82) is 0 Å². The van der Waals surface area contributed by atoms with E-state index in [1.807, 2.05) is 26.0 Å². The van der Waals surface area contributed by atoms with Crippen LogP contribution < -0.4 is 4.74 Å². The smallest absolute Gasteiger partial charge is 0.260 e. The number of rotatable bonds is 4. The maximum Gasteiger partial charge on any atom is 0.260 e. The molecule has 1 aliphatic heterocycles. The van der Waals surface area contributed by atoms with Gasteiger partial charge in [0.05, 0.1) is 36.1 Å². The van der Waals surface area contributed by atoms with Crippen molar-refractivity contribution in [3.05, 3.63) is 64.5 Å². The second kappa shape index (κ2) is 7.84. The van der Waals surface area contributed by atoms with Crippen molar-refractivity contribution in [2.45, 2.75) is 32.2 Å². The number of methoxy groups -OCH3 is 1. The number of H-pyrrole nitrogens is 1. The van der Waals surface area contributed by atoms with E-state index in [1.54, 1.807) is 11.0 Å². The Balaban J connectivity index is 1.63. The number of carbonyl (C=O) groups excluding carboxylic acids is 1. The van der Waals surface area contributed by atoms with E-state index in [0.717, 1.165) is 23.0 Å². The second-order valence-electron chi connectivity index (χ2n) is 8.28. The number of carbonyl (C=O) groups is 1. The molecular weight excluding hydrogens is 447 g/mol. The zero-order valence-electron chi connectivity index (χ0n) is 18.4. The van der Waals surface area contributed by atoms with Gasteiger partial charge in [0.2, 0.25) is 0 Å². The van der Waals surface area contributed by atoms with Crippen LogP contribution in [0.3, 0.4) is 0 Å². The number of halogens is 2. The van der Waals surface area contributed by atoms with E-state index in [1.165, 1.54) is 30.4 Å². The molecule has 4 aromatic rings. The van der Waals surface area contributed by atoms with Crippen LogP contribution >= 0.6 is 11.6 Å². The zero-order valence-corrected chi connectivity index (χ0v) is 19.1. The quantitative estimate of drug-likeness (QED) is 0.479. The van der Waals surface area contributed by atoms with Crippen LogP contribution in [-0.2, 0) is 5.54 Å². The van der Waals surface area contributed by atoms with Crippen molar-refractivity contribution in [3.63, 3.8) is 0 Å². The Morgan fingerprint density at radius 2 is 2.00 bits per heavy atom. The third-order valence-electron chi connectivity index (χ3n) is 6.39. The molecule has 5 rings (SSSR count). The molecule has 0 saturated carbocycles. The lowest BCUT2D eigenvalue weighted by molar-refractivity contribution is 0.0600. The first-order valence-electron chi connectivity index (χ1n) is 10.6. The Morgan fingerprint density at radius 3 is 2.73 bits per heavy atom. The van der Waals surface area contributed by atoms with E-state index in [9.17, 15) is 4.79 Å². The average Bonchev–Trinajstić information content (AvgIpc) is 3.56. The summed E-state index contributed by atoms with van der Waals surface area (Å²) in [4.78, 5) is 24.9. The van der Waals surface area contributed by atoms with E-state index < -0.39 is 17.3 Å². The minimum absolute atomic E-state index is 0.0239. The molecule has 0 radical (unpaired) electrons. The van der Waals surface area contributed by atoms with E-state index in [0.29, 0.717) is 23.8 Å². The Bertz CT molecular complexity index is 1370. The zero-order chi connectivity index (χ0) is 23.3. The number of hydrogen-bond acceptors (Lipinski definition) is 5. The fraction of sp³-hybridized carbons (Fsp3) is 0.304. The molecule has 1 aliphatic rings. The van der Waals surface area contributed by atoms with Crippen LogP contribution in [-0.4, -0.2) is 49.4 Å². The lowest BCUT2D eigenvalue weighted by Crippen LogP contribution is -2.44. The molecule has 2 aromatic heterocycles. The maximum absolute atomic E-state index is 15.5. The summed E-state index contributed by atoms with van der Waals surface area (Å²) in [5.74, 6) is -0.618. The molecule has 1 atom stereocenters. The first-order chi connectivity index (χ1) is 15.8. The minimum Gasteiger partial charge on any atom is -0.494 e. The van der Waals surface area contributed by atoms with Crippen molar-refractivity contribution < 1.29 is 13.9 Å². The summed E-state index contributed by atoms with van der Waals surface area (Å²) in [5.41, 5.74) is 1.79. The summed E-state index contributed by atoms with van der Waals surface area (Å²) in [6.07, 6.45) is 4.36. The molecule has 0 aliphatic carbocycles. The molecule has 1 N–H and O–H groups in total. The fourth-order valence-corrected chi connectivity index (χ4v) is 4.68. The van der Waals surface area contributed by atoms with Gasteiger partial charge >= 0.3 is 0 Å². The van der Waals surface area contributed by atoms with E-state index in [2.05, 4.69) is 15.2 Å². The Labute approximate surface area is 194 Å². The number of likely N-dealkylation sites (tertiary alicyclic amines) is 1. The van der Waals surface area contributed by atoms with Crippen molar-refractivity contribution in [2.75, 3.05) is 13.7 Å². The van der Waals surface area contributed by atoms with Gasteiger partial charge in [0, 0.05) is 11.6 Å². The standard InChI is InChI=1S/C23H22ClFN6O2/c1-13-14(24)5-6-15-20(13)29-22(28-15)23(2)9-4-12-30(23)21(32)18-16(31-26-10-11-27-31)7-8-17(33-3)19(18)25/h5-8,10-11H,4,9,12H2,1-3H3,(H,28,29). The number of amides is 1. The van der Waals surface area contributed by atoms with Crippen LogP contribution in [0.2, 0.25) is 5.02 Å². The monoisotopic (exact) mass is 468 g/mol. The Hall–Kier alpha value is -3.46. The number of nitrogens with one attached hydrogen (secondary N) is 1. The van der Waals surface area contributed by atoms with Gasteiger partial charge in [-0.1, -0.05) is 11.6 Å². The molecule has 0 spiro atoms. The Morgan fingerprint density at radius 1 is 1.24 bits per heavy atom. The summed E-state index contributed by atoms with van der Waals surface area (Å²) in [7, 11) is 1.36. The molecule has 0 bridgehead atoms. The molecule has 3 heterocycles. The van der Waals surface area contributed by atoms with Crippen LogP contribution in [0.1, 0.15) is 41.5 Å². The highest BCUT2D eigenvalue weighted by molar-refractivity contribution is 6.32. The molecule has 1 unspecified atom stereocenters. The second-order valence-corrected chi connectivity index (χ2v) is 8.69. The number of imidazole rings is 1. The van der Waals surface area contributed by atoms with Gasteiger partial charge in [-0.3, -0.25) is 4.79 Å². The number of nitrogens with zero attached hydrogens (tertiary/aromatic N) is 5. The van der Waals surface area contributed by atoms with Crippen molar-refractivity contribution in [2.24, 2.45) is 0 Å². The molecular formula is C23H22ClFN6O2. The summed E-state index contributed by atoms with van der Waals surface area (Å²) < 4.78 is 20.6. The molecule has 2 aromatic carbocycles. The number of hydrogen-bond donors (Lipinski definition) is 1. The SMILES string of the molecule is COc1ccc(-n2nccn2)c(C(=O)N2CCCC2(C)c2nc3c(C)c(Cl)ccc3[nH]2)c1F. The highest BCUT2D eigenvalue weighted by Gasteiger charge is 2.45. The first-order valence-corrected chi connectivity index (χ1v) is 10.9. The molecule has 33 heavy (non-hydrogen) atoms. The lowest BCUT2D eigenvalue weighted by atomic mass is 9.96.